The van der Waals surface area contributed by atoms with Crippen LogP contribution in [0.1, 0.15) is 6.92 Å². The SMILES string of the molecule is C=C/C=C(\C=C/C)CNS(=O)CC=C. The van der Waals surface area contributed by atoms with Crippen molar-refractivity contribution in [3.05, 3.63) is 49.1 Å². The maximum atomic E-state index is 11.2. The minimum atomic E-state index is -1.02. The fraction of sp³-hybridized carbons (Fsp3) is 0.273. The van der Waals surface area contributed by atoms with Crippen LogP contribution in [0.2, 0.25) is 0 Å². The largest absolute Gasteiger partial charge is 0.243 e. The average molecular weight is 211 g/mol. The van der Waals surface area contributed by atoms with E-state index in [0.29, 0.717) is 12.3 Å². The van der Waals surface area contributed by atoms with Crippen LogP contribution in [0.25, 0.3) is 0 Å². The van der Waals surface area contributed by atoms with Crippen molar-refractivity contribution in [3.63, 3.8) is 0 Å². The monoisotopic (exact) mass is 211 g/mol. The zero-order valence-electron chi connectivity index (χ0n) is 8.53. The van der Waals surface area contributed by atoms with Gasteiger partial charge >= 0.3 is 0 Å². The molecule has 0 spiro atoms. The number of nitrogens with one attached hydrogen (secondary N) is 1. The molecule has 3 heteroatoms. The number of allylic oxidation sites excluding steroid dienone is 3. The Balaban J connectivity index is 4.06. The quantitative estimate of drug-likeness (QED) is 0.507. The molecule has 0 aromatic heterocycles. The molecule has 1 atom stereocenters. The summed E-state index contributed by atoms with van der Waals surface area (Å²) < 4.78 is 14.1. The Hall–Kier alpha value is -0.930. The maximum Gasteiger partial charge on any atom is 0.0957 e. The summed E-state index contributed by atoms with van der Waals surface area (Å²) in [6, 6.07) is 0. The van der Waals surface area contributed by atoms with E-state index in [2.05, 4.69) is 17.9 Å². The fourth-order valence-electron chi connectivity index (χ4n) is 0.869. The first kappa shape index (κ1) is 13.1. The Morgan fingerprint density at radius 3 is 2.71 bits per heavy atom. The third-order valence-corrected chi connectivity index (χ3v) is 2.42. The molecule has 0 saturated heterocycles. The molecule has 0 aromatic carbocycles. The lowest BCUT2D eigenvalue weighted by Crippen LogP contribution is -2.21. The Labute approximate surface area is 88.7 Å². The molecule has 0 radical (unpaired) electrons. The predicted octanol–water partition coefficient (Wildman–Crippen LogP) is 2.11. The van der Waals surface area contributed by atoms with Gasteiger partial charge in [0.15, 0.2) is 0 Å². The molecule has 0 rings (SSSR count). The molecule has 0 amide bonds. The van der Waals surface area contributed by atoms with Crippen molar-refractivity contribution in [1.29, 1.82) is 0 Å². The lowest BCUT2D eigenvalue weighted by atomic mass is 10.2. The minimum Gasteiger partial charge on any atom is -0.243 e. The smallest absolute Gasteiger partial charge is 0.0957 e. The van der Waals surface area contributed by atoms with Gasteiger partial charge in [0.25, 0.3) is 0 Å². The van der Waals surface area contributed by atoms with Crippen molar-refractivity contribution in [2.24, 2.45) is 0 Å². The summed E-state index contributed by atoms with van der Waals surface area (Å²) in [5, 5.41) is 0. The van der Waals surface area contributed by atoms with E-state index in [0.717, 1.165) is 5.57 Å². The van der Waals surface area contributed by atoms with Crippen molar-refractivity contribution in [1.82, 2.24) is 4.72 Å². The van der Waals surface area contributed by atoms with Crippen LogP contribution in [0.3, 0.4) is 0 Å². The van der Waals surface area contributed by atoms with Gasteiger partial charge in [0.2, 0.25) is 0 Å². The highest BCUT2D eigenvalue weighted by molar-refractivity contribution is 7.83. The van der Waals surface area contributed by atoms with E-state index in [-0.39, 0.29) is 0 Å². The van der Waals surface area contributed by atoms with Gasteiger partial charge in [0, 0.05) is 6.54 Å². The molecule has 0 aliphatic carbocycles. The summed E-state index contributed by atoms with van der Waals surface area (Å²) in [5.74, 6) is 0.469. The van der Waals surface area contributed by atoms with Crippen LogP contribution in [0.15, 0.2) is 49.1 Å². The van der Waals surface area contributed by atoms with Gasteiger partial charge in [-0.25, -0.2) is 8.93 Å². The van der Waals surface area contributed by atoms with Crippen molar-refractivity contribution >= 4 is 11.0 Å². The van der Waals surface area contributed by atoms with Crippen LogP contribution < -0.4 is 4.72 Å². The van der Waals surface area contributed by atoms with Gasteiger partial charge in [-0.3, -0.25) is 0 Å². The molecule has 1 N–H and O–H groups in total. The van der Waals surface area contributed by atoms with Crippen LogP contribution in [0, 0.1) is 0 Å². The fourth-order valence-corrected chi connectivity index (χ4v) is 1.53. The highest BCUT2D eigenvalue weighted by Crippen LogP contribution is 1.96. The van der Waals surface area contributed by atoms with Gasteiger partial charge in [-0.1, -0.05) is 37.0 Å². The molecule has 0 aromatic rings. The first-order valence-electron chi connectivity index (χ1n) is 4.41. The van der Waals surface area contributed by atoms with Crippen LogP contribution in [0.5, 0.6) is 0 Å². The summed E-state index contributed by atoms with van der Waals surface area (Å²) in [6.07, 6.45) is 9.13. The first-order chi connectivity index (χ1) is 6.74. The molecule has 78 valence electrons. The van der Waals surface area contributed by atoms with Gasteiger partial charge in [0.1, 0.15) is 0 Å². The molecule has 0 aliphatic heterocycles. The van der Waals surface area contributed by atoms with Crippen molar-refractivity contribution < 1.29 is 4.21 Å². The predicted molar refractivity (Wildman–Crippen MR) is 64.3 cm³/mol. The lowest BCUT2D eigenvalue weighted by Gasteiger charge is -2.02. The highest BCUT2D eigenvalue weighted by atomic mass is 32.2. The topological polar surface area (TPSA) is 29.1 Å². The Kier molecular flexibility index (Phi) is 8.08. The number of hydrogen-bond donors (Lipinski definition) is 1. The van der Waals surface area contributed by atoms with E-state index in [1.165, 1.54) is 0 Å². The van der Waals surface area contributed by atoms with Gasteiger partial charge in [-0.05, 0) is 12.5 Å². The Bertz CT molecular complexity index is 266. The van der Waals surface area contributed by atoms with Crippen molar-refractivity contribution in [3.8, 4) is 0 Å². The normalized spacial score (nSPS) is 14.2. The standard InChI is InChI=1S/C11H17NOS/c1-4-7-11(8-5-2)10-12-14(13)9-6-3/h4-8,12H,1,3,9-10H2,2H3/b8-5-,11-7+. The molecule has 0 heterocycles. The summed E-state index contributed by atoms with van der Waals surface area (Å²) in [5.41, 5.74) is 1.06. The van der Waals surface area contributed by atoms with E-state index in [9.17, 15) is 4.21 Å². The zero-order valence-corrected chi connectivity index (χ0v) is 9.35. The van der Waals surface area contributed by atoms with E-state index in [1.54, 1.807) is 12.2 Å². The molecule has 0 fully saturated rings. The van der Waals surface area contributed by atoms with E-state index >= 15 is 0 Å². The molecule has 0 saturated carbocycles. The second-order valence-electron chi connectivity index (χ2n) is 2.60. The molecule has 14 heavy (non-hydrogen) atoms. The Morgan fingerprint density at radius 2 is 2.21 bits per heavy atom. The van der Waals surface area contributed by atoms with E-state index < -0.39 is 11.0 Å². The summed E-state index contributed by atoms with van der Waals surface area (Å²) in [6.45, 7) is 9.66. The number of hydrogen-bond acceptors (Lipinski definition) is 1. The van der Waals surface area contributed by atoms with Crippen LogP contribution in [-0.4, -0.2) is 16.5 Å². The summed E-state index contributed by atoms with van der Waals surface area (Å²) >= 11 is 0. The molecule has 1 unspecified atom stereocenters. The molecule has 0 bridgehead atoms. The molecule has 2 nitrogen and oxygen atoms in total. The highest BCUT2D eigenvalue weighted by Gasteiger charge is 1.96. The summed E-state index contributed by atoms with van der Waals surface area (Å²) in [7, 11) is -1.02. The van der Waals surface area contributed by atoms with Crippen LogP contribution >= 0.6 is 0 Å². The molecule has 0 aliphatic rings. The van der Waals surface area contributed by atoms with Gasteiger partial charge in [0.05, 0.1) is 16.7 Å². The maximum absolute atomic E-state index is 11.2. The molecular formula is C11H17NOS. The Morgan fingerprint density at radius 1 is 1.50 bits per heavy atom. The van der Waals surface area contributed by atoms with Gasteiger partial charge in [-0.2, -0.15) is 0 Å². The average Bonchev–Trinajstić information content (AvgIpc) is 2.15. The second kappa shape index (κ2) is 8.66. The first-order valence-corrected chi connectivity index (χ1v) is 5.73. The second-order valence-corrected chi connectivity index (χ2v) is 3.91. The van der Waals surface area contributed by atoms with Gasteiger partial charge in [-0.15, -0.1) is 6.58 Å². The van der Waals surface area contributed by atoms with Crippen LogP contribution in [-0.2, 0) is 11.0 Å². The third-order valence-electron chi connectivity index (χ3n) is 1.42. The number of rotatable bonds is 7. The van der Waals surface area contributed by atoms with Crippen LogP contribution in [0.4, 0.5) is 0 Å². The van der Waals surface area contributed by atoms with Crippen molar-refractivity contribution in [2.45, 2.75) is 6.92 Å². The van der Waals surface area contributed by atoms with E-state index in [1.807, 2.05) is 25.2 Å². The van der Waals surface area contributed by atoms with Crippen molar-refractivity contribution in [2.75, 3.05) is 12.3 Å². The van der Waals surface area contributed by atoms with E-state index in [4.69, 9.17) is 0 Å². The zero-order chi connectivity index (χ0) is 10.8. The summed E-state index contributed by atoms with van der Waals surface area (Å²) in [4.78, 5) is 0. The van der Waals surface area contributed by atoms with Gasteiger partial charge < -0.3 is 0 Å². The lowest BCUT2D eigenvalue weighted by molar-refractivity contribution is 0.677. The third kappa shape index (κ3) is 6.57. The molecular weight excluding hydrogens is 194 g/mol. The minimum absolute atomic E-state index is 0.469.